The van der Waals surface area contributed by atoms with Crippen molar-refractivity contribution in [3.05, 3.63) is 29.8 Å². The monoisotopic (exact) mass is 292 g/mol. The van der Waals surface area contributed by atoms with Crippen molar-refractivity contribution < 1.29 is 4.79 Å². The van der Waals surface area contributed by atoms with Gasteiger partial charge >= 0.3 is 0 Å². The smallest absolute Gasteiger partial charge is 0.230 e. The lowest BCUT2D eigenvalue weighted by molar-refractivity contribution is -0.122. The Morgan fingerprint density at radius 2 is 2.00 bits per heavy atom. The Morgan fingerprint density at radius 3 is 2.65 bits per heavy atom. The molecule has 1 aromatic carbocycles. The van der Waals surface area contributed by atoms with Crippen molar-refractivity contribution in [1.82, 2.24) is 0 Å². The topological polar surface area (TPSA) is 46.3 Å². The van der Waals surface area contributed by atoms with Gasteiger partial charge in [-0.3, -0.25) is 4.79 Å². The highest BCUT2D eigenvalue weighted by Gasteiger charge is 2.53. The van der Waals surface area contributed by atoms with E-state index in [0.717, 1.165) is 31.5 Å². The summed E-state index contributed by atoms with van der Waals surface area (Å²) in [5, 5.41) is 0. The molecule has 1 spiro atoms. The number of carbonyl (C=O) groups excluding carboxylic acids is 1. The molecule has 4 heteroatoms. The second-order valence-corrected chi connectivity index (χ2v) is 6.49. The molecule has 1 amide bonds. The number of nitrogens with zero attached hydrogens (tertiary/aromatic N) is 1. The Hall–Kier alpha value is -1.06. The van der Waals surface area contributed by atoms with Gasteiger partial charge in [0.1, 0.15) is 0 Å². The standard InChI is InChI=1S/C16H20N2O.ClH/c17-12-6-5-11(9-12)15(19)18-10-16(7-8-16)13-3-1-2-4-14(13)18;/h1-4,11-12H,5-10,17H2;1H. The Balaban J connectivity index is 0.00000121. The van der Waals surface area contributed by atoms with Crippen molar-refractivity contribution in [2.75, 3.05) is 11.4 Å². The minimum absolute atomic E-state index is 0. The van der Waals surface area contributed by atoms with Crippen LogP contribution < -0.4 is 10.6 Å². The number of rotatable bonds is 1. The summed E-state index contributed by atoms with van der Waals surface area (Å²) < 4.78 is 0. The first-order valence-corrected chi connectivity index (χ1v) is 7.36. The molecule has 1 heterocycles. The van der Waals surface area contributed by atoms with E-state index in [9.17, 15) is 4.79 Å². The molecule has 2 saturated carbocycles. The molecule has 1 aliphatic heterocycles. The zero-order valence-corrected chi connectivity index (χ0v) is 12.4. The van der Waals surface area contributed by atoms with Gasteiger partial charge in [0.05, 0.1) is 0 Å². The van der Waals surface area contributed by atoms with Gasteiger partial charge in [0.15, 0.2) is 0 Å². The number of carbonyl (C=O) groups is 1. The summed E-state index contributed by atoms with van der Waals surface area (Å²) in [4.78, 5) is 14.8. The fourth-order valence-electron chi connectivity index (χ4n) is 3.87. The lowest BCUT2D eigenvalue weighted by Gasteiger charge is -2.21. The molecule has 3 nitrogen and oxygen atoms in total. The van der Waals surface area contributed by atoms with Crippen LogP contribution in [-0.4, -0.2) is 18.5 Å². The second-order valence-electron chi connectivity index (χ2n) is 6.49. The van der Waals surface area contributed by atoms with Gasteiger partial charge in [-0.1, -0.05) is 18.2 Å². The first kappa shape index (κ1) is 13.9. The summed E-state index contributed by atoms with van der Waals surface area (Å²) in [6.45, 7) is 0.900. The van der Waals surface area contributed by atoms with E-state index in [1.165, 1.54) is 18.4 Å². The number of anilines is 1. The van der Waals surface area contributed by atoms with E-state index in [0.29, 0.717) is 11.3 Å². The molecule has 2 atom stereocenters. The third-order valence-electron chi connectivity index (χ3n) is 5.17. The van der Waals surface area contributed by atoms with Gasteiger partial charge in [-0.25, -0.2) is 0 Å². The van der Waals surface area contributed by atoms with E-state index in [1.807, 2.05) is 11.0 Å². The van der Waals surface area contributed by atoms with Crippen molar-refractivity contribution in [3.8, 4) is 0 Å². The molecular formula is C16H21ClN2O. The van der Waals surface area contributed by atoms with Gasteiger partial charge in [0.2, 0.25) is 5.91 Å². The predicted molar refractivity (Wildman–Crippen MR) is 82.3 cm³/mol. The molecule has 0 bridgehead atoms. The van der Waals surface area contributed by atoms with E-state index in [-0.39, 0.29) is 24.4 Å². The number of amides is 1. The number of hydrogen-bond acceptors (Lipinski definition) is 2. The maximum Gasteiger partial charge on any atom is 0.230 e. The highest BCUT2D eigenvalue weighted by Crippen LogP contribution is 2.56. The normalized spacial score (nSPS) is 29.1. The van der Waals surface area contributed by atoms with Gasteiger partial charge in [0.25, 0.3) is 0 Å². The average Bonchev–Trinajstić information content (AvgIpc) is 2.95. The molecule has 2 unspecified atom stereocenters. The maximum atomic E-state index is 12.7. The Kier molecular flexibility index (Phi) is 3.30. The van der Waals surface area contributed by atoms with Crippen LogP contribution in [0.1, 0.15) is 37.7 Å². The van der Waals surface area contributed by atoms with Gasteiger partial charge < -0.3 is 10.6 Å². The van der Waals surface area contributed by atoms with E-state index >= 15 is 0 Å². The van der Waals surface area contributed by atoms with Gasteiger partial charge in [0, 0.05) is 29.6 Å². The van der Waals surface area contributed by atoms with Crippen LogP contribution in [0.25, 0.3) is 0 Å². The van der Waals surface area contributed by atoms with Crippen LogP contribution in [-0.2, 0) is 10.2 Å². The summed E-state index contributed by atoms with van der Waals surface area (Å²) in [6.07, 6.45) is 5.29. The summed E-state index contributed by atoms with van der Waals surface area (Å²) in [6, 6.07) is 8.67. The first-order chi connectivity index (χ1) is 9.20. The van der Waals surface area contributed by atoms with Crippen molar-refractivity contribution in [2.45, 2.75) is 43.6 Å². The molecule has 2 aliphatic carbocycles. The molecule has 0 radical (unpaired) electrons. The van der Waals surface area contributed by atoms with Crippen LogP contribution in [0.2, 0.25) is 0 Å². The van der Waals surface area contributed by atoms with Crippen molar-refractivity contribution >= 4 is 24.0 Å². The molecule has 3 aliphatic rings. The van der Waals surface area contributed by atoms with E-state index in [2.05, 4.69) is 18.2 Å². The summed E-state index contributed by atoms with van der Waals surface area (Å²) in [7, 11) is 0. The number of para-hydroxylation sites is 1. The Labute approximate surface area is 125 Å². The molecule has 0 aromatic heterocycles. The SMILES string of the molecule is Cl.NC1CCC(C(=O)N2CC3(CC3)c3ccccc32)C1. The molecule has 2 N–H and O–H groups in total. The number of hydrogen-bond donors (Lipinski definition) is 1. The van der Waals surface area contributed by atoms with Crippen LogP contribution in [0, 0.1) is 5.92 Å². The molecule has 4 rings (SSSR count). The summed E-state index contributed by atoms with van der Waals surface area (Å²) >= 11 is 0. The summed E-state index contributed by atoms with van der Waals surface area (Å²) in [5.41, 5.74) is 8.80. The summed E-state index contributed by atoms with van der Waals surface area (Å²) in [5.74, 6) is 0.459. The number of halogens is 1. The van der Waals surface area contributed by atoms with Crippen molar-refractivity contribution in [2.24, 2.45) is 11.7 Å². The van der Waals surface area contributed by atoms with Crippen LogP contribution in [0.15, 0.2) is 24.3 Å². The zero-order valence-electron chi connectivity index (χ0n) is 11.5. The van der Waals surface area contributed by atoms with Crippen LogP contribution in [0.3, 0.4) is 0 Å². The lowest BCUT2D eigenvalue weighted by atomic mass is 9.99. The Bertz CT molecular complexity index is 541. The fourth-order valence-corrected chi connectivity index (χ4v) is 3.87. The van der Waals surface area contributed by atoms with Crippen LogP contribution in [0.4, 0.5) is 5.69 Å². The molecule has 1 aromatic rings. The van der Waals surface area contributed by atoms with Crippen LogP contribution >= 0.6 is 12.4 Å². The van der Waals surface area contributed by atoms with Gasteiger partial charge in [-0.2, -0.15) is 0 Å². The number of fused-ring (bicyclic) bond motifs is 2. The van der Waals surface area contributed by atoms with Crippen molar-refractivity contribution in [1.29, 1.82) is 0 Å². The van der Waals surface area contributed by atoms with E-state index in [1.54, 1.807) is 0 Å². The quantitative estimate of drug-likeness (QED) is 0.865. The van der Waals surface area contributed by atoms with E-state index in [4.69, 9.17) is 5.73 Å². The molecule has 108 valence electrons. The lowest BCUT2D eigenvalue weighted by Crippen LogP contribution is -2.36. The zero-order chi connectivity index (χ0) is 13.0. The highest BCUT2D eigenvalue weighted by atomic mass is 35.5. The number of benzene rings is 1. The van der Waals surface area contributed by atoms with Gasteiger partial charge in [-0.05, 0) is 43.7 Å². The minimum atomic E-state index is 0. The molecule has 20 heavy (non-hydrogen) atoms. The minimum Gasteiger partial charge on any atom is -0.328 e. The van der Waals surface area contributed by atoms with Crippen LogP contribution in [0.5, 0.6) is 0 Å². The fraction of sp³-hybridized carbons (Fsp3) is 0.562. The average molecular weight is 293 g/mol. The van der Waals surface area contributed by atoms with Crippen molar-refractivity contribution in [3.63, 3.8) is 0 Å². The predicted octanol–water partition coefficient (Wildman–Crippen LogP) is 2.61. The first-order valence-electron chi connectivity index (χ1n) is 7.36. The third-order valence-corrected chi connectivity index (χ3v) is 5.17. The largest absolute Gasteiger partial charge is 0.328 e. The highest BCUT2D eigenvalue weighted by molar-refractivity contribution is 5.98. The van der Waals surface area contributed by atoms with Gasteiger partial charge in [-0.15, -0.1) is 12.4 Å². The number of nitrogens with two attached hydrogens (primary N) is 1. The van der Waals surface area contributed by atoms with E-state index < -0.39 is 0 Å². The Morgan fingerprint density at radius 1 is 1.25 bits per heavy atom. The third kappa shape index (κ3) is 1.95. The maximum absolute atomic E-state index is 12.7. The molecule has 0 saturated heterocycles. The second kappa shape index (κ2) is 4.74. The molecule has 2 fully saturated rings. The molecular weight excluding hydrogens is 272 g/mol.